The highest BCUT2D eigenvalue weighted by Crippen LogP contribution is 2.14. The van der Waals surface area contributed by atoms with Gasteiger partial charge in [-0.05, 0) is 6.42 Å². The molecule has 180 valence electrons. The first-order valence-corrected chi connectivity index (χ1v) is 12.4. The highest BCUT2D eigenvalue weighted by atomic mass is 16.4. The van der Waals surface area contributed by atoms with Gasteiger partial charge in [0, 0.05) is 25.2 Å². The molecule has 6 nitrogen and oxygen atoms in total. The fraction of sp³-hybridized carbons (Fsp3) is 0.800. The van der Waals surface area contributed by atoms with Crippen LogP contribution < -0.4 is 0 Å². The number of amides is 1. The fourth-order valence-corrected chi connectivity index (χ4v) is 3.66. The lowest BCUT2D eigenvalue weighted by atomic mass is 10.0. The molecule has 0 aromatic rings. The van der Waals surface area contributed by atoms with Gasteiger partial charge in [-0.2, -0.15) is 0 Å². The van der Waals surface area contributed by atoms with E-state index in [0.29, 0.717) is 6.54 Å². The van der Waals surface area contributed by atoms with Crippen LogP contribution in [0.4, 0.5) is 0 Å². The molecule has 0 heterocycles. The minimum absolute atomic E-state index is 0.108. The van der Waals surface area contributed by atoms with Crippen molar-refractivity contribution < 1.29 is 24.6 Å². The summed E-state index contributed by atoms with van der Waals surface area (Å²) < 4.78 is 0. The normalized spacial score (nSPS) is 11.1. The summed E-state index contributed by atoms with van der Waals surface area (Å²) in [6.45, 7) is 2.83. The number of aliphatic carboxylic acids is 2. The molecule has 0 aliphatic rings. The van der Waals surface area contributed by atoms with E-state index in [4.69, 9.17) is 10.2 Å². The Kier molecular flexibility index (Phi) is 20.1. The second kappa shape index (κ2) is 21.4. The van der Waals surface area contributed by atoms with Gasteiger partial charge >= 0.3 is 11.9 Å². The van der Waals surface area contributed by atoms with Gasteiger partial charge in [0.15, 0.2) is 0 Å². The Morgan fingerprint density at radius 2 is 1.03 bits per heavy atom. The average molecular weight is 440 g/mol. The van der Waals surface area contributed by atoms with Gasteiger partial charge in [-0.1, -0.05) is 103 Å². The minimum Gasteiger partial charge on any atom is -0.481 e. The number of nitrogens with zero attached hydrogens (tertiary/aromatic N) is 1. The third-order valence-electron chi connectivity index (χ3n) is 5.56. The second-order valence-electron chi connectivity index (χ2n) is 8.44. The summed E-state index contributed by atoms with van der Waals surface area (Å²) in [5, 5.41) is 17.5. The molecule has 0 aliphatic heterocycles. The third-order valence-corrected chi connectivity index (χ3v) is 5.56. The average Bonchev–Trinajstić information content (AvgIpc) is 2.73. The van der Waals surface area contributed by atoms with E-state index in [1.807, 2.05) is 0 Å². The molecule has 0 fully saturated rings. The van der Waals surface area contributed by atoms with Crippen molar-refractivity contribution in [3.8, 4) is 0 Å². The largest absolute Gasteiger partial charge is 0.481 e. The van der Waals surface area contributed by atoms with E-state index in [2.05, 4.69) is 6.92 Å². The predicted octanol–water partition coefficient (Wildman–Crippen LogP) is 6.19. The number of unbranched alkanes of at least 4 members (excludes halogenated alkanes) is 15. The van der Waals surface area contributed by atoms with Crippen LogP contribution in [-0.4, -0.2) is 46.0 Å². The van der Waals surface area contributed by atoms with Gasteiger partial charge in [-0.25, -0.2) is 4.79 Å². The molecule has 6 heteroatoms. The zero-order valence-electron chi connectivity index (χ0n) is 19.7. The molecule has 0 saturated carbocycles. The van der Waals surface area contributed by atoms with Crippen molar-refractivity contribution >= 4 is 17.8 Å². The number of carboxylic acid groups (broad SMARTS) is 2. The standard InChI is InChI=1S/C25H45NO5/c1-2-3-4-5-6-7-8-9-10-11-12-13-14-15-16-17-21-26(22-20-25(30)31)23(27)18-19-24(28)29/h18-19H,2-17,20-22H2,1H3,(H,28,29)(H,30,31)/b19-18-. The molecule has 0 unspecified atom stereocenters. The van der Waals surface area contributed by atoms with Gasteiger partial charge in [0.1, 0.15) is 0 Å². The number of rotatable bonds is 22. The summed E-state index contributed by atoms with van der Waals surface area (Å²) in [7, 11) is 0. The molecule has 0 aromatic heterocycles. The first-order valence-electron chi connectivity index (χ1n) is 12.4. The summed E-state index contributed by atoms with van der Waals surface area (Å²) in [4.78, 5) is 34.8. The van der Waals surface area contributed by atoms with E-state index in [0.717, 1.165) is 31.4 Å². The number of carbonyl (C=O) groups excluding carboxylic acids is 1. The summed E-state index contributed by atoms with van der Waals surface area (Å²) in [6, 6.07) is 0. The van der Waals surface area contributed by atoms with Gasteiger partial charge in [-0.3, -0.25) is 9.59 Å². The van der Waals surface area contributed by atoms with E-state index >= 15 is 0 Å². The van der Waals surface area contributed by atoms with Crippen molar-refractivity contribution in [1.82, 2.24) is 4.90 Å². The fourth-order valence-electron chi connectivity index (χ4n) is 3.66. The zero-order chi connectivity index (χ0) is 23.2. The molecule has 2 N–H and O–H groups in total. The first-order chi connectivity index (χ1) is 15.0. The van der Waals surface area contributed by atoms with Crippen LogP contribution in [-0.2, 0) is 14.4 Å². The topological polar surface area (TPSA) is 94.9 Å². The molecule has 0 rings (SSSR count). The molecule has 0 saturated heterocycles. The highest BCUT2D eigenvalue weighted by Gasteiger charge is 2.12. The Bertz CT molecular complexity index is 504. The second-order valence-corrected chi connectivity index (χ2v) is 8.44. The Balaban J connectivity index is 3.66. The zero-order valence-corrected chi connectivity index (χ0v) is 19.7. The number of hydrogen-bond donors (Lipinski definition) is 2. The molecule has 0 radical (unpaired) electrons. The van der Waals surface area contributed by atoms with Crippen LogP contribution in [0.2, 0.25) is 0 Å². The number of carboxylic acids is 2. The van der Waals surface area contributed by atoms with Gasteiger partial charge in [-0.15, -0.1) is 0 Å². The lowest BCUT2D eigenvalue weighted by molar-refractivity contribution is -0.138. The number of hydrogen-bond acceptors (Lipinski definition) is 3. The van der Waals surface area contributed by atoms with Crippen LogP contribution in [0.5, 0.6) is 0 Å². The van der Waals surface area contributed by atoms with Crippen molar-refractivity contribution in [2.75, 3.05) is 13.1 Å². The van der Waals surface area contributed by atoms with E-state index in [1.54, 1.807) is 0 Å². The maximum atomic E-state index is 12.0. The Labute approximate surface area is 189 Å². The van der Waals surface area contributed by atoms with Gasteiger partial charge < -0.3 is 15.1 Å². The maximum absolute atomic E-state index is 12.0. The smallest absolute Gasteiger partial charge is 0.328 e. The van der Waals surface area contributed by atoms with Gasteiger partial charge in [0.2, 0.25) is 5.91 Å². The van der Waals surface area contributed by atoms with E-state index in [1.165, 1.54) is 88.4 Å². The first kappa shape index (κ1) is 29.1. The van der Waals surface area contributed by atoms with Gasteiger partial charge in [0.25, 0.3) is 0 Å². The highest BCUT2D eigenvalue weighted by molar-refractivity contribution is 5.94. The third kappa shape index (κ3) is 21.2. The van der Waals surface area contributed by atoms with Crippen LogP contribution in [0.3, 0.4) is 0 Å². The lowest BCUT2D eigenvalue weighted by Crippen LogP contribution is -2.32. The lowest BCUT2D eigenvalue weighted by Gasteiger charge is -2.20. The molecule has 0 aromatic carbocycles. The van der Waals surface area contributed by atoms with Crippen LogP contribution in [0, 0.1) is 0 Å². The Morgan fingerprint density at radius 3 is 1.42 bits per heavy atom. The molecule has 0 spiro atoms. The van der Waals surface area contributed by atoms with E-state index in [-0.39, 0.29) is 13.0 Å². The van der Waals surface area contributed by atoms with E-state index in [9.17, 15) is 14.4 Å². The van der Waals surface area contributed by atoms with Gasteiger partial charge in [0.05, 0.1) is 6.42 Å². The quantitative estimate of drug-likeness (QED) is 0.155. The van der Waals surface area contributed by atoms with Crippen molar-refractivity contribution in [2.24, 2.45) is 0 Å². The van der Waals surface area contributed by atoms with Crippen LogP contribution in [0.15, 0.2) is 12.2 Å². The van der Waals surface area contributed by atoms with Crippen LogP contribution in [0.1, 0.15) is 116 Å². The Hall–Kier alpha value is -1.85. The van der Waals surface area contributed by atoms with Crippen molar-refractivity contribution in [2.45, 2.75) is 116 Å². The van der Waals surface area contributed by atoms with E-state index < -0.39 is 17.8 Å². The summed E-state index contributed by atoms with van der Waals surface area (Å²) in [5.41, 5.74) is 0. The van der Waals surface area contributed by atoms with Crippen LogP contribution in [0.25, 0.3) is 0 Å². The van der Waals surface area contributed by atoms with Crippen LogP contribution >= 0.6 is 0 Å². The molecule has 0 bridgehead atoms. The SMILES string of the molecule is CCCCCCCCCCCCCCCCCCN(CCC(=O)O)C(=O)/C=C\C(=O)O. The molecule has 1 amide bonds. The summed E-state index contributed by atoms with van der Waals surface area (Å²) in [5.74, 6) is -2.59. The Morgan fingerprint density at radius 1 is 0.613 bits per heavy atom. The van der Waals surface area contributed by atoms with Crippen molar-refractivity contribution in [1.29, 1.82) is 0 Å². The minimum atomic E-state index is -1.19. The maximum Gasteiger partial charge on any atom is 0.328 e. The summed E-state index contributed by atoms with van der Waals surface area (Å²) >= 11 is 0. The molecular weight excluding hydrogens is 394 g/mol. The monoisotopic (exact) mass is 439 g/mol. The molecule has 0 aliphatic carbocycles. The molecular formula is C25H45NO5. The van der Waals surface area contributed by atoms with Crippen molar-refractivity contribution in [3.63, 3.8) is 0 Å². The van der Waals surface area contributed by atoms with Crippen molar-refractivity contribution in [3.05, 3.63) is 12.2 Å². The number of carbonyl (C=O) groups is 3. The summed E-state index contributed by atoms with van der Waals surface area (Å²) in [6.07, 6.45) is 22.0. The molecule has 31 heavy (non-hydrogen) atoms. The molecule has 0 atom stereocenters. The predicted molar refractivity (Wildman–Crippen MR) is 125 cm³/mol.